The van der Waals surface area contributed by atoms with Gasteiger partial charge in [-0.1, -0.05) is 30.3 Å². The van der Waals surface area contributed by atoms with Gasteiger partial charge in [0, 0.05) is 24.1 Å². The monoisotopic (exact) mass is 330 g/mol. The standard InChI is InChI=1S/C15H22N2O2S.ClH/c1-11(18)7-13(12-5-3-2-4-6-12)8-16-15(19)14-9-20-10-17-14;/h2-6,11,13-14,17-18H,7-10H2,1H3,(H,16,19);1H/t11?,13?,14-;/m1./s1. The summed E-state index contributed by atoms with van der Waals surface area (Å²) in [5.74, 6) is 1.88. The lowest BCUT2D eigenvalue weighted by Gasteiger charge is -2.20. The number of nitrogens with one attached hydrogen (secondary N) is 2. The van der Waals surface area contributed by atoms with Gasteiger partial charge in [0.25, 0.3) is 0 Å². The molecule has 0 radical (unpaired) electrons. The first-order chi connectivity index (χ1) is 9.66. The summed E-state index contributed by atoms with van der Waals surface area (Å²) >= 11 is 1.74. The average molecular weight is 331 g/mol. The maximum atomic E-state index is 12.0. The van der Waals surface area contributed by atoms with Crippen molar-refractivity contribution in [2.45, 2.75) is 31.4 Å². The SMILES string of the molecule is CC(O)CC(CNC(=O)[C@H]1CSCN1)c1ccccc1.Cl. The summed E-state index contributed by atoms with van der Waals surface area (Å²) in [6.07, 6.45) is 0.272. The van der Waals surface area contributed by atoms with Crippen molar-refractivity contribution in [1.82, 2.24) is 10.6 Å². The molecule has 4 nitrogen and oxygen atoms in total. The van der Waals surface area contributed by atoms with Gasteiger partial charge in [-0.25, -0.2) is 0 Å². The van der Waals surface area contributed by atoms with Crippen molar-refractivity contribution >= 4 is 30.1 Å². The maximum Gasteiger partial charge on any atom is 0.238 e. The molecule has 1 aliphatic heterocycles. The lowest BCUT2D eigenvalue weighted by molar-refractivity contribution is -0.122. The van der Waals surface area contributed by atoms with Crippen LogP contribution >= 0.6 is 24.2 Å². The molecule has 21 heavy (non-hydrogen) atoms. The Kier molecular flexibility index (Phi) is 8.11. The Balaban J connectivity index is 0.00000220. The van der Waals surface area contributed by atoms with Crippen molar-refractivity contribution < 1.29 is 9.90 Å². The number of amides is 1. The fourth-order valence-electron chi connectivity index (χ4n) is 2.38. The number of halogens is 1. The molecule has 0 saturated carbocycles. The van der Waals surface area contributed by atoms with E-state index in [1.807, 2.05) is 30.3 Å². The van der Waals surface area contributed by atoms with E-state index in [1.54, 1.807) is 18.7 Å². The summed E-state index contributed by atoms with van der Waals surface area (Å²) in [4.78, 5) is 12.0. The summed E-state index contributed by atoms with van der Waals surface area (Å²) in [7, 11) is 0. The first-order valence-corrected chi connectivity index (χ1v) is 8.14. The molecule has 0 aliphatic carbocycles. The second-order valence-corrected chi connectivity index (χ2v) is 6.24. The Hall–Kier alpha value is -0.750. The van der Waals surface area contributed by atoms with E-state index in [0.717, 1.165) is 17.2 Å². The number of carbonyl (C=O) groups excluding carboxylic acids is 1. The molecule has 1 fully saturated rings. The van der Waals surface area contributed by atoms with Gasteiger partial charge in [-0.3, -0.25) is 10.1 Å². The molecule has 1 aromatic rings. The third-order valence-corrected chi connectivity index (χ3v) is 4.39. The van der Waals surface area contributed by atoms with Crippen LogP contribution in [0.5, 0.6) is 0 Å². The Bertz CT molecular complexity index is 425. The van der Waals surface area contributed by atoms with Crippen LogP contribution < -0.4 is 10.6 Å². The van der Waals surface area contributed by atoms with E-state index < -0.39 is 0 Å². The zero-order valence-corrected chi connectivity index (χ0v) is 13.8. The Labute approximate surface area is 136 Å². The molecule has 118 valence electrons. The number of thioether (sulfide) groups is 1. The van der Waals surface area contributed by atoms with E-state index in [0.29, 0.717) is 13.0 Å². The van der Waals surface area contributed by atoms with E-state index >= 15 is 0 Å². The van der Waals surface area contributed by atoms with Crippen LogP contribution in [0.4, 0.5) is 0 Å². The van der Waals surface area contributed by atoms with E-state index in [1.165, 1.54) is 0 Å². The van der Waals surface area contributed by atoms with Crippen LogP contribution in [0, 0.1) is 0 Å². The molecule has 1 aromatic carbocycles. The number of hydrogen-bond acceptors (Lipinski definition) is 4. The van der Waals surface area contributed by atoms with Gasteiger partial charge in [-0.15, -0.1) is 24.2 Å². The molecule has 0 aromatic heterocycles. The Morgan fingerprint density at radius 2 is 2.19 bits per heavy atom. The van der Waals surface area contributed by atoms with Crippen LogP contribution in [0.25, 0.3) is 0 Å². The zero-order chi connectivity index (χ0) is 14.4. The number of benzene rings is 1. The van der Waals surface area contributed by atoms with E-state index in [2.05, 4.69) is 10.6 Å². The van der Waals surface area contributed by atoms with E-state index in [-0.39, 0.29) is 36.4 Å². The molecule has 1 heterocycles. The predicted octanol–water partition coefficient (Wildman–Crippen LogP) is 1.74. The second kappa shape index (κ2) is 9.30. The van der Waals surface area contributed by atoms with Gasteiger partial charge < -0.3 is 10.4 Å². The van der Waals surface area contributed by atoms with Gasteiger partial charge in [0.15, 0.2) is 0 Å². The fraction of sp³-hybridized carbons (Fsp3) is 0.533. The molecule has 1 aliphatic rings. The van der Waals surface area contributed by atoms with Crippen LogP contribution in [0.3, 0.4) is 0 Å². The zero-order valence-electron chi connectivity index (χ0n) is 12.1. The lowest BCUT2D eigenvalue weighted by atomic mass is 9.93. The minimum atomic E-state index is -0.378. The van der Waals surface area contributed by atoms with Crippen LogP contribution in [0.15, 0.2) is 30.3 Å². The van der Waals surface area contributed by atoms with Gasteiger partial charge in [0.2, 0.25) is 5.91 Å². The third kappa shape index (κ3) is 5.87. The van der Waals surface area contributed by atoms with Gasteiger partial charge in [-0.2, -0.15) is 0 Å². The quantitative estimate of drug-likeness (QED) is 0.743. The van der Waals surface area contributed by atoms with Crippen LogP contribution in [-0.4, -0.2) is 41.3 Å². The highest BCUT2D eigenvalue weighted by molar-refractivity contribution is 7.99. The molecule has 1 amide bonds. The molecule has 0 bridgehead atoms. The average Bonchev–Trinajstić information content (AvgIpc) is 2.98. The number of aliphatic hydroxyl groups is 1. The number of hydrogen-bond donors (Lipinski definition) is 3. The maximum absolute atomic E-state index is 12.0. The smallest absolute Gasteiger partial charge is 0.238 e. The highest BCUT2D eigenvalue weighted by atomic mass is 35.5. The highest BCUT2D eigenvalue weighted by Crippen LogP contribution is 2.20. The first kappa shape index (κ1) is 18.3. The largest absolute Gasteiger partial charge is 0.393 e. The van der Waals surface area contributed by atoms with Crippen LogP contribution in [0.2, 0.25) is 0 Å². The van der Waals surface area contributed by atoms with Crippen molar-refractivity contribution in [2.75, 3.05) is 18.2 Å². The van der Waals surface area contributed by atoms with Gasteiger partial charge in [0.1, 0.15) is 0 Å². The third-order valence-electron chi connectivity index (χ3n) is 3.45. The summed E-state index contributed by atoms with van der Waals surface area (Å²) in [6, 6.07) is 9.96. The highest BCUT2D eigenvalue weighted by Gasteiger charge is 2.23. The van der Waals surface area contributed by atoms with Gasteiger partial charge in [0.05, 0.1) is 12.1 Å². The predicted molar refractivity (Wildman–Crippen MR) is 90.0 cm³/mol. The first-order valence-electron chi connectivity index (χ1n) is 6.98. The normalized spacial score (nSPS) is 20.4. The van der Waals surface area contributed by atoms with Crippen molar-refractivity contribution in [1.29, 1.82) is 0 Å². The van der Waals surface area contributed by atoms with Gasteiger partial charge >= 0.3 is 0 Å². The van der Waals surface area contributed by atoms with Crippen molar-refractivity contribution in [3.63, 3.8) is 0 Å². The van der Waals surface area contributed by atoms with Crippen molar-refractivity contribution in [3.05, 3.63) is 35.9 Å². The Morgan fingerprint density at radius 1 is 1.48 bits per heavy atom. The fourth-order valence-corrected chi connectivity index (χ4v) is 3.33. The van der Waals surface area contributed by atoms with Crippen molar-refractivity contribution in [3.8, 4) is 0 Å². The molecule has 3 N–H and O–H groups in total. The van der Waals surface area contributed by atoms with E-state index in [9.17, 15) is 9.90 Å². The van der Waals surface area contributed by atoms with Gasteiger partial charge in [-0.05, 0) is 18.9 Å². The molecular formula is C15H23ClN2O2S. The van der Waals surface area contributed by atoms with Crippen molar-refractivity contribution in [2.24, 2.45) is 0 Å². The minimum Gasteiger partial charge on any atom is -0.393 e. The molecule has 3 atom stereocenters. The number of rotatable bonds is 6. The molecule has 1 saturated heterocycles. The number of carbonyl (C=O) groups is 1. The summed E-state index contributed by atoms with van der Waals surface area (Å²) < 4.78 is 0. The summed E-state index contributed by atoms with van der Waals surface area (Å²) in [5, 5.41) is 15.8. The molecule has 2 rings (SSSR count). The molecule has 0 spiro atoms. The molecule has 2 unspecified atom stereocenters. The lowest BCUT2D eigenvalue weighted by Crippen LogP contribution is -2.43. The number of aliphatic hydroxyl groups excluding tert-OH is 1. The minimum absolute atomic E-state index is 0. The topological polar surface area (TPSA) is 61.4 Å². The summed E-state index contributed by atoms with van der Waals surface area (Å²) in [6.45, 7) is 2.35. The second-order valence-electron chi connectivity index (χ2n) is 5.21. The molecule has 6 heteroatoms. The Morgan fingerprint density at radius 3 is 2.76 bits per heavy atom. The van der Waals surface area contributed by atoms with Crippen LogP contribution in [-0.2, 0) is 4.79 Å². The van der Waals surface area contributed by atoms with Crippen LogP contribution in [0.1, 0.15) is 24.8 Å². The van der Waals surface area contributed by atoms with E-state index in [4.69, 9.17) is 0 Å². The molecular weight excluding hydrogens is 308 g/mol. The summed E-state index contributed by atoms with van der Waals surface area (Å²) in [5.41, 5.74) is 1.16.